The molecule has 1 aromatic heterocycles. The van der Waals surface area contributed by atoms with E-state index in [0.29, 0.717) is 6.54 Å². The molecule has 0 atom stereocenters. The summed E-state index contributed by atoms with van der Waals surface area (Å²) in [6.07, 6.45) is 1.81. The van der Waals surface area contributed by atoms with Crippen molar-refractivity contribution < 1.29 is 0 Å². The Balaban J connectivity index is 2.58. The predicted molar refractivity (Wildman–Crippen MR) is 66.2 cm³/mol. The van der Waals surface area contributed by atoms with Gasteiger partial charge in [0.1, 0.15) is 0 Å². The van der Waals surface area contributed by atoms with Gasteiger partial charge in [0.2, 0.25) is 0 Å². The molecule has 0 fully saturated rings. The van der Waals surface area contributed by atoms with E-state index in [1.54, 1.807) is 16.7 Å². The maximum Gasteiger partial charge on any atom is 0.250 e. The van der Waals surface area contributed by atoms with Crippen LogP contribution in [-0.2, 0) is 6.54 Å². The Morgan fingerprint density at radius 2 is 2.07 bits per heavy atom. The first-order chi connectivity index (χ1) is 6.88. The van der Waals surface area contributed by atoms with Gasteiger partial charge in [0.05, 0.1) is 0 Å². The molecule has 84 valence electrons. The molecule has 0 radical (unpaired) electrons. The van der Waals surface area contributed by atoms with Crippen molar-refractivity contribution in [3.8, 4) is 0 Å². The summed E-state index contributed by atoms with van der Waals surface area (Å²) in [5, 5.41) is 3.34. The van der Waals surface area contributed by atoms with Crippen molar-refractivity contribution in [3.05, 3.63) is 33.2 Å². The highest BCUT2D eigenvalue weighted by Crippen LogP contribution is 2.04. The Morgan fingerprint density at radius 1 is 1.40 bits per heavy atom. The predicted octanol–water partition coefficient (Wildman–Crippen LogP) is 2.00. The molecule has 0 aliphatic heterocycles. The van der Waals surface area contributed by atoms with Gasteiger partial charge in [-0.15, -0.1) is 0 Å². The first-order valence-electron chi connectivity index (χ1n) is 4.99. The average molecular weight is 273 g/mol. The van der Waals surface area contributed by atoms with E-state index in [-0.39, 0.29) is 11.1 Å². The van der Waals surface area contributed by atoms with E-state index in [1.165, 1.54) is 0 Å². The van der Waals surface area contributed by atoms with Gasteiger partial charge < -0.3 is 9.88 Å². The molecule has 15 heavy (non-hydrogen) atoms. The topological polar surface area (TPSA) is 34.0 Å². The summed E-state index contributed by atoms with van der Waals surface area (Å²) < 4.78 is 2.63. The van der Waals surface area contributed by atoms with Gasteiger partial charge in [0.15, 0.2) is 0 Å². The zero-order valence-electron chi connectivity index (χ0n) is 9.38. The Morgan fingerprint density at radius 3 is 2.67 bits per heavy atom. The largest absolute Gasteiger partial charge is 0.313 e. The van der Waals surface area contributed by atoms with E-state index >= 15 is 0 Å². The second-order valence-corrected chi connectivity index (χ2v) is 5.47. The Labute approximate surface area is 98.6 Å². The summed E-state index contributed by atoms with van der Waals surface area (Å²) in [5.41, 5.74) is 0.129. The van der Waals surface area contributed by atoms with Crippen LogP contribution in [0.1, 0.15) is 20.8 Å². The van der Waals surface area contributed by atoms with Crippen LogP contribution in [0.3, 0.4) is 0 Å². The van der Waals surface area contributed by atoms with Crippen molar-refractivity contribution in [1.82, 2.24) is 9.88 Å². The van der Waals surface area contributed by atoms with Crippen molar-refractivity contribution >= 4 is 15.9 Å². The fourth-order valence-electron chi connectivity index (χ4n) is 1.23. The molecule has 0 unspecified atom stereocenters. The Bertz CT molecular complexity index is 379. The van der Waals surface area contributed by atoms with Gasteiger partial charge in [-0.05, 0) is 42.8 Å². The lowest BCUT2D eigenvalue weighted by atomic mass is 10.1. The highest BCUT2D eigenvalue weighted by atomic mass is 79.9. The number of halogens is 1. The molecule has 0 saturated heterocycles. The van der Waals surface area contributed by atoms with Gasteiger partial charge in [-0.25, -0.2) is 0 Å². The smallest absolute Gasteiger partial charge is 0.250 e. The van der Waals surface area contributed by atoms with Crippen LogP contribution in [-0.4, -0.2) is 16.7 Å². The molecule has 0 saturated carbocycles. The normalized spacial score (nSPS) is 11.7. The van der Waals surface area contributed by atoms with E-state index in [4.69, 9.17) is 0 Å². The lowest BCUT2D eigenvalue weighted by Gasteiger charge is -2.20. The number of nitrogens with one attached hydrogen (secondary N) is 1. The molecule has 1 aromatic rings. The van der Waals surface area contributed by atoms with Crippen molar-refractivity contribution in [1.29, 1.82) is 0 Å². The van der Waals surface area contributed by atoms with Crippen LogP contribution in [0.25, 0.3) is 0 Å². The maximum atomic E-state index is 11.4. The summed E-state index contributed by atoms with van der Waals surface area (Å²) in [6.45, 7) is 7.81. The maximum absolute atomic E-state index is 11.4. The fourth-order valence-corrected chi connectivity index (χ4v) is 1.61. The van der Waals surface area contributed by atoms with Crippen molar-refractivity contribution in [2.45, 2.75) is 32.9 Å². The molecule has 0 aromatic carbocycles. The van der Waals surface area contributed by atoms with Crippen LogP contribution in [0.2, 0.25) is 0 Å². The summed E-state index contributed by atoms with van der Waals surface area (Å²) in [5.74, 6) is 0. The molecule has 1 heterocycles. The minimum atomic E-state index is 0.0360. The minimum absolute atomic E-state index is 0.0360. The van der Waals surface area contributed by atoms with E-state index < -0.39 is 0 Å². The number of rotatable bonds is 3. The molecular weight excluding hydrogens is 256 g/mol. The highest BCUT2D eigenvalue weighted by Gasteiger charge is 2.07. The van der Waals surface area contributed by atoms with Crippen LogP contribution >= 0.6 is 15.9 Å². The van der Waals surface area contributed by atoms with Crippen LogP contribution in [0, 0.1) is 0 Å². The third-order valence-electron chi connectivity index (χ3n) is 1.96. The molecule has 3 nitrogen and oxygen atoms in total. The zero-order chi connectivity index (χ0) is 11.5. The fraction of sp³-hybridized carbons (Fsp3) is 0.545. The summed E-state index contributed by atoms with van der Waals surface area (Å²) in [6, 6.07) is 3.33. The zero-order valence-corrected chi connectivity index (χ0v) is 11.0. The lowest BCUT2D eigenvalue weighted by molar-refractivity contribution is 0.410. The number of aromatic nitrogens is 1. The van der Waals surface area contributed by atoms with Crippen molar-refractivity contribution in [2.24, 2.45) is 0 Å². The summed E-state index contributed by atoms with van der Waals surface area (Å²) in [4.78, 5) is 11.4. The lowest BCUT2D eigenvalue weighted by Crippen LogP contribution is -2.38. The first-order valence-corrected chi connectivity index (χ1v) is 5.79. The van der Waals surface area contributed by atoms with E-state index in [1.807, 2.05) is 6.20 Å². The third-order valence-corrected chi connectivity index (χ3v) is 2.42. The molecule has 0 amide bonds. The summed E-state index contributed by atoms with van der Waals surface area (Å²) >= 11 is 3.35. The van der Waals surface area contributed by atoms with Gasteiger partial charge in [-0.1, -0.05) is 0 Å². The van der Waals surface area contributed by atoms with Gasteiger partial charge in [-0.2, -0.15) is 0 Å². The molecule has 0 bridgehead atoms. The molecule has 1 rings (SSSR count). The van der Waals surface area contributed by atoms with Crippen molar-refractivity contribution in [2.75, 3.05) is 6.54 Å². The van der Waals surface area contributed by atoms with Crippen LogP contribution < -0.4 is 10.9 Å². The van der Waals surface area contributed by atoms with Crippen LogP contribution in [0.5, 0.6) is 0 Å². The molecule has 0 aliphatic rings. The Kier molecular flexibility index (Phi) is 4.11. The van der Waals surface area contributed by atoms with Gasteiger partial charge in [0, 0.05) is 35.4 Å². The van der Waals surface area contributed by atoms with E-state index in [2.05, 4.69) is 42.0 Å². The van der Waals surface area contributed by atoms with Crippen LogP contribution in [0.4, 0.5) is 0 Å². The van der Waals surface area contributed by atoms with Gasteiger partial charge >= 0.3 is 0 Å². The monoisotopic (exact) mass is 272 g/mol. The average Bonchev–Trinajstić information content (AvgIpc) is 2.09. The second-order valence-electron chi connectivity index (χ2n) is 4.56. The minimum Gasteiger partial charge on any atom is -0.313 e. The molecule has 0 aliphatic carbocycles. The Hall–Kier alpha value is -0.610. The molecule has 0 spiro atoms. The van der Waals surface area contributed by atoms with E-state index in [0.717, 1.165) is 11.0 Å². The first kappa shape index (κ1) is 12.5. The second kappa shape index (κ2) is 4.94. The highest BCUT2D eigenvalue weighted by molar-refractivity contribution is 9.10. The van der Waals surface area contributed by atoms with E-state index in [9.17, 15) is 4.79 Å². The van der Waals surface area contributed by atoms with Crippen molar-refractivity contribution in [3.63, 3.8) is 0 Å². The SMILES string of the molecule is CC(C)(C)NCCn1cc(Br)ccc1=O. The quantitative estimate of drug-likeness (QED) is 0.914. The number of nitrogens with zero attached hydrogens (tertiary/aromatic N) is 1. The molecular formula is C11H17BrN2O. The third kappa shape index (κ3) is 4.62. The number of pyridine rings is 1. The summed E-state index contributed by atoms with van der Waals surface area (Å²) in [7, 11) is 0. The van der Waals surface area contributed by atoms with Crippen LogP contribution in [0.15, 0.2) is 27.6 Å². The molecule has 1 N–H and O–H groups in total. The standard InChI is InChI=1S/C11H17BrN2O/c1-11(2,3)13-6-7-14-8-9(12)4-5-10(14)15/h4-5,8,13H,6-7H2,1-3H3. The molecule has 4 heteroatoms. The number of hydrogen-bond acceptors (Lipinski definition) is 2. The number of hydrogen-bond donors (Lipinski definition) is 1. The van der Waals surface area contributed by atoms with Gasteiger partial charge in [-0.3, -0.25) is 4.79 Å². The van der Waals surface area contributed by atoms with Gasteiger partial charge in [0.25, 0.3) is 5.56 Å².